The maximum Gasteiger partial charge on any atom is 0.258 e. The highest BCUT2D eigenvalue weighted by molar-refractivity contribution is 5.96. The van der Waals surface area contributed by atoms with Crippen LogP contribution < -0.4 is 5.32 Å². The predicted octanol–water partition coefficient (Wildman–Crippen LogP) is 3.64. The second-order valence-electron chi connectivity index (χ2n) is 6.43. The fourth-order valence-electron chi connectivity index (χ4n) is 2.88. The summed E-state index contributed by atoms with van der Waals surface area (Å²) in [5.74, 6) is 0.864. The van der Waals surface area contributed by atoms with E-state index in [1.165, 1.54) is 6.21 Å². The molecule has 0 saturated carbocycles. The number of benzene rings is 1. The Balaban J connectivity index is 2.44. The molecule has 138 valence electrons. The molecule has 0 fully saturated rings. The summed E-state index contributed by atoms with van der Waals surface area (Å²) in [6, 6.07) is 7.56. The van der Waals surface area contributed by atoms with Crippen LogP contribution in [0.25, 0.3) is 0 Å². The molecule has 2 rings (SSSR count). The highest BCUT2D eigenvalue weighted by Crippen LogP contribution is 2.28. The average Bonchev–Trinajstić information content (AvgIpc) is 2.66. The SMILES string of the molecule is CN/C=C(\C=N)CN(C(=O)c1ccc(C)cc1)C1=CC(OC)=CCC1C. The molecule has 1 atom stereocenters. The van der Waals surface area contributed by atoms with Gasteiger partial charge in [-0.25, -0.2) is 0 Å². The van der Waals surface area contributed by atoms with Crippen LogP contribution in [-0.2, 0) is 4.74 Å². The maximum absolute atomic E-state index is 13.3. The van der Waals surface area contributed by atoms with Crippen molar-refractivity contribution in [3.8, 4) is 0 Å². The molecule has 0 saturated heterocycles. The third-order valence-electron chi connectivity index (χ3n) is 4.41. The monoisotopic (exact) mass is 353 g/mol. The van der Waals surface area contributed by atoms with Crippen molar-refractivity contribution in [3.63, 3.8) is 0 Å². The Morgan fingerprint density at radius 3 is 2.65 bits per heavy atom. The predicted molar refractivity (Wildman–Crippen MR) is 105 cm³/mol. The van der Waals surface area contributed by atoms with Crippen LogP contribution in [0.3, 0.4) is 0 Å². The van der Waals surface area contributed by atoms with E-state index in [1.54, 1.807) is 25.3 Å². The molecule has 5 heteroatoms. The number of carbonyl (C=O) groups is 1. The summed E-state index contributed by atoms with van der Waals surface area (Å²) >= 11 is 0. The van der Waals surface area contributed by atoms with Gasteiger partial charge in [0.25, 0.3) is 5.91 Å². The number of ether oxygens (including phenoxy) is 1. The van der Waals surface area contributed by atoms with Crippen LogP contribution in [-0.4, -0.2) is 37.7 Å². The van der Waals surface area contributed by atoms with Gasteiger partial charge in [-0.05, 0) is 37.6 Å². The van der Waals surface area contributed by atoms with E-state index in [0.29, 0.717) is 12.1 Å². The third-order valence-corrected chi connectivity index (χ3v) is 4.41. The van der Waals surface area contributed by atoms with Gasteiger partial charge in [-0.2, -0.15) is 0 Å². The zero-order valence-corrected chi connectivity index (χ0v) is 15.9. The summed E-state index contributed by atoms with van der Waals surface area (Å²) in [7, 11) is 3.41. The molecule has 0 radical (unpaired) electrons. The van der Waals surface area contributed by atoms with Gasteiger partial charge in [-0.15, -0.1) is 0 Å². The Morgan fingerprint density at radius 1 is 1.38 bits per heavy atom. The largest absolute Gasteiger partial charge is 0.497 e. The zero-order chi connectivity index (χ0) is 19.1. The molecule has 0 bridgehead atoms. The van der Waals surface area contributed by atoms with Crippen molar-refractivity contribution < 1.29 is 9.53 Å². The number of carbonyl (C=O) groups excluding carboxylic acids is 1. The molecule has 1 unspecified atom stereocenters. The molecular weight excluding hydrogens is 326 g/mol. The van der Waals surface area contributed by atoms with E-state index in [1.807, 2.05) is 43.3 Å². The van der Waals surface area contributed by atoms with Gasteiger partial charge in [0.1, 0.15) is 5.76 Å². The van der Waals surface area contributed by atoms with E-state index in [9.17, 15) is 4.79 Å². The molecular formula is C21H27N3O2. The Labute approximate surface area is 155 Å². The quantitative estimate of drug-likeness (QED) is 0.736. The fraction of sp³-hybridized carbons (Fsp3) is 0.333. The molecule has 0 aromatic heterocycles. The lowest BCUT2D eigenvalue weighted by Crippen LogP contribution is -2.36. The van der Waals surface area contributed by atoms with Gasteiger partial charge in [0, 0.05) is 42.2 Å². The lowest BCUT2D eigenvalue weighted by atomic mass is 9.95. The highest BCUT2D eigenvalue weighted by atomic mass is 16.5. The van der Waals surface area contributed by atoms with E-state index in [2.05, 4.69) is 12.2 Å². The summed E-state index contributed by atoms with van der Waals surface area (Å²) in [5.41, 5.74) is 3.36. The number of hydrogen-bond donors (Lipinski definition) is 2. The minimum absolute atomic E-state index is 0.0793. The number of rotatable bonds is 7. The van der Waals surface area contributed by atoms with Crippen molar-refractivity contribution in [3.05, 3.63) is 70.8 Å². The third kappa shape index (κ3) is 4.63. The van der Waals surface area contributed by atoms with Crippen molar-refractivity contribution >= 4 is 12.1 Å². The molecule has 1 amide bonds. The molecule has 0 heterocycles. The zero-order valence-electron chi connectivity index (χ0n) is 15.9. The molecule has 5 nitrogen and oxygen atoms in total. The lowest BCUT2D eigenvalue weighted by molar-refractivity contribution is 0.0802. The van der Waals surface area contributed by atoms with Crippen LogP contribution in [0, 0.1) is 18.3 Å². The van der Waals surface area contributed by atoms with E-state index in [4.69, 9.17) is 10.1 Å². The van der Waals surface area contributed by atoms with Crippen molar-refractivity contribution in [2.75, 3.05) is 20.7 Å². The first-order chi connectivity index (χ1) is 12.5. The number of nitrogens with one attached hydrogen (secondary N) is 2. The summed E-state index contributed by atoms with van der Waals surface area (Å²) in [5, 5.41) is 10.6. The smallest absolute Gasteiger partial charge is 0.258 e. The molecule has 1 aromatic carbocycles. The van der Waals surface area contributed by atoms with E-state index in [-0.39, 0.29) is 11.8 Å². The summed E-state index contributed by atoms with van der Waals surface area (Å²) in [4.78, 5) is 15.0. The average molecular weight is 353 g/mol. The standard InChI is InChI=1S/C21H27N3O2/c1-15-5-8-18(9-6-15)21(25)24(14-17(12-22)13-23-3)20-11-19(26-4)10-7-16(20)2/h5-6,8-13,16,22-23H,7,14H2,1-4H3/b17-13+,22-12?. The first kappa shape index (κ1) is 19.5. The van der Waals surface area contributed by atoms with Crippen LogP contribution in [0.5, 0.6) is 0 Å². The van der Waals surface area contributed by atoms with Gasteiger partial charge in [-0.1, -0.05) is 24.6 Å². The number of allylic oxidation sites excluding steroid dienone is 3. The minimum atomic E-state index is -0.0793. The van der Waals surface area contributed by atoms with E-state index >= 15 is 0 Å². The van der Waals surface area contributed by atoms with Crippen LogP contribution >= 0.6 is 0 Å². The molecule has 2 N–H and O–H groups in total. The fourth-order valence-corrected chi connectivity index (χ4v) is 2.88. The van der Waals surface area contributed by atoms with Crippen LogP contribution in [0.15, 0.2) is 59.6 Å². The van der Waals surface area contributed by atoms with Gasteiger partial charge in [0.2, 0.25) is 0 Å². The maximum atomic E-state index is 13.3. The van der Waals surface area contributed by atoms with E-state index in [0.717, 1.165) is 29.0 Å². The second-order valence-corrected chi connectivity index (χ2v) is 6.43. The normalized spacial score (nSPS) is 17.1. The van der Waals surface area contributed by atoms with Crippen LogP contribution in [0.4, 0.5) is 0 Å². The lowest BCUT2D eigenvalue weighted by Gasteiger charge is -2.31. The number of nitrogens with zero attached hydrogens (tertiary/aromatic N) is 1. The number of hydrogen-bond acceptors (Lipinski definition) is 4. The summed E-state index contributed by atoms with van der Waals surface area (Å²) in [6.07, 6.45) is 7.77. The topological polar surface area (TPSA) is 65.4 Å². The Morgan fingerprint density at radius 2 is 2.08 bits per heavy atom. The Hall–Kier alpha value is -2.82. The van der Waals surface area contributed by atoms with Crippen LogP contribution in [0.1, 0.15) is 29.3 Å². The number of aryl methyl sites for hydroxylation is 1. The Kier molecular flexibility index (Phi) is 6.78. The molecule has 1 aliphatic rings. The highest BCUT2D eigenvalue weighted by Gasteiger charge is 2.26. The first-order valence-corrected chi connectivity index (χ1v) is 8.71. The Bertz CT molecular complexity index is 745. The summed E-state index contributed by atoms with van der Waals surface area (Å²) in [6.45, 7) is 4.41. The van der Waals surface area contributed by atoms with Gasteiger partial charge in [0.15, 0.2) is 0 Å². The molecule has 26 heavy (non-hydrogen) atoms. The molecule has 1 aliphatic carbocycles. The number of methoxy groups -OCH3 is 1. The van der Waals surface area contributed by atoms with Gasteiger partial charge in [0.05, 0.1) is 13.7 Å². The first-order valence-electron chi connectivity index (χ1n) is 8.71. The van der Waals surface area contributed by atoms with E-state index < -0.39 is 0 Å². The van der Waals surface area contributed by atoms with Gasteiger partial charge in [-0.3, -0.25) is 4.79 Å². The molecule has 0 aliphatic heterocycles. The van der Waals surface area contributed by atoms with Gasteiger partial charge < -0.3 is 20.4 Å². The molecule has 0 spiro atoms. The second kappa shape index (κ2) is 9.04. The van der Waals surface area contributed by atoms with Crippen molar-refractivity contribution in [1.82, 2.24) is 10.2 Å². The van der Waals surface area contributed by atoms with Crippen molar-refractivity contribution in [1.29, 1.82) is 5.41 Å². The minimum Gasteiger partial charge on any atom is -0.497 e. The van der Waals surface area contributed by atoms with Crippen molar-refractivity contribution in [2.45, 2.75) is 20.3 Å². The molecule has 1 aromatic rings. The summed E-state index contributed by atoms with van der Waals surface area (Å²) < 4.78 is 5.37. The van der Waals surface area contributed by atoms with Crippen molar-refractivity contribution in [2.24, 2.45) is 5.92 Å². The number of amides is 1. The van der Waals surface area contributed by atoms with Crippen LogP contribution in [0.2, 0.25) is 0 Å². The van der Waals surface area contributed by atoms with Gasteiger partial charge >= 0.3 is 0 Å².